The molecule has 2 aromatic carbocycles. The number of ether oxygens (including phenoxy) is 1. The molecule has 1 saturated heterocycles. The highest BCUT2D eigenvalue weighted by Crippen LogP contribution is 2.40. The van der Waals surface area contributed by atoms with E-state index in [0.29, 0.717) is 5.92 Å². The molecule has 2 aromatic rings. The zero-order valence-corrected chi connectivity index (χ0v) is 17.5. The van der Waals surface area contributed by atoms with Crippen molar-refractivity contribution in [1.29, 1.82) is 0 Å². The van der Waals surface area contributed by atoms with Gasteiger partial charge in [0.2, 0.25) is 0 Å². The molecule has 0 aromatic heterocycles. The Labute approximate surface area is 171 Å². The fourth-order valence-electron chi connectivity index (χ4n) is 4.34. The number of thioether (sulfide) groups is 1. The van der Waals surface area contributed by atoms with Gasteiger partial charge >= 0.3 is 0 Å². The predicted octanol–water partition coefficient (Wildman–Crippen LogP) is 5.33. The number of anilines is 1. The molecule has 0 saturated carbocycles. The summed E-state index contributed by atoms with van der Waals surface area (Å²) < 4.78 is 19.5. The van der Waals surface area contributed by atoms with E-state index in [1.54, 1.807) is 19.2 Å². The van der Waals surface area contributed by atoms with Crippen LogP contribution in [0.15, 0.2) is 30.3 Å². The van der Waals surface area contributed by atoms with Gasteiger partial charge in [-0.1, -0.05) is 6.07 Å². The van der Waals surface area contributed by atoms with E-state index in [2.05, 4.69) is 22.8 Å². The summed E-state index contributed by atoms with van der Waals surface area (Å²) in [5, 5.41) is 7.25. The molecule has 3 nitrogen and oxygen atoms in total. The largest absolute Gasteiger partial charge is 0.384 e. The molecular formula is C23H29FN2OS. The van der Waals surface area contributed by atoms with Crippen LogP contribution in [0.1, 0.15) is 48.5 Å². The number of benzene rings is 2. The lowest BCUT2D eigenvalue weighted by molar-refractivity contribution is 0.119. The molecule has 0 spiro atoms. The van der Waals surface area contributed by atoms with Gasteiger partial charge in [0.15, 0.2) is 0 Å². The predicted molar refractivity (Wildman–Crippen MR) is 117 cm³/mol. The first-order valence-corrected chi connectivity index (χ1v) is 11.3. The topological polar surface area (TPSA) is 33.3 Å². The summed E-state index contributed by atoms with van der Waals surface area (Å²) >= 11 is 1.97. The summed E-state index contributed by atoms with van der Waals surface area (Å²) in [6.45, 7) is 5.11. The molecule has 0 bridgehead atoms. The van der Waals surface area contributed by atoms with Gasteiger partial charge in [-0.2, -0.15) is 11.8 Å². The van der Waals surface area contributed by atoms with E-state index < -0.39 is 0 Å². The lowest BCUT2D eigenvalue weighted by Crippen LogP contribution is -2.29. The summed E-state index contributed by atoms with van der Waals surface area (Å²) in [6.07, 6.45) is 2.26. The molecule has 2 N–H and O–H groups in total. The highest BCUT2D eigenvalue weighted by atomic mass is 32.2. The van der Waals surface area contributed by atoms with Crippen LogP contribution in [0, 0.1) is 5.82 Å². The third-order valence-corrected chi connectivity index (χ3v) is 6.92. The number of hydrogen-bond acceptors (Lipinski definition) is 4. The Morgan fingerprint density at radius 1 is 1.21 bits per heavy atom. The quantitative estimate of drug-likeness (QED) is 0.727. The summed E-state index contributed by atoms with van der Waals surface area (Å²) in [4.78, 5) is 0. The van der Waals surface area contributed by atoms with Crippen LogP contribution in [0.2, 0.25) is 0 Å². The third-order valence-electron chi connectivity index (χ3n) is 5.91. The molecule has 2 atom stereocenters. The highest BCUT2D eigenvalue weighted by molar-refractivity contribution is 7.98. The lowest BCUT2D eigenvalue weighted by Gasteiger charge is -2.27. The molecular weight excluding hydrogens is 371 g/mol. The Bertz CT molecular complexity index is 836. The highest BCUT2D eigenvalue weighted by Gasteiger charge is 2.23. The zero-order chi connectivity index (χ0) is 19.5. The number of rotatable bonds is 4. The monoisotopic (exact) mass is 400 g/mol. The Morgan fingerprint density at radius 3 is 2.89 bits per heavy atom. The fraction of sp³-hybridized carbons (Fsp3) is 0.478. The molecule has 28 heavy (non-hydrogen) atoms. The van der Waals surface area contributed by atoms with Crippen molar-refractivity contribution in [2.24, 2.45) is 0 Å². The van der Waals surface area contributed by atoms with Crippen molar-refractivity contribution in [2.45, 2.75) is 37.5 Å². The SMILES string of the molecule is COC(C)c1cc(F)ccc1-c1cc2c(c(C3CCCNC3)c1)NCCSC2. The average molecular weight is 401 g/mol. The van der Waals surface area contributed by atoms with Gasteiger partial charge in [-0.25, -0.2) is 4.39 Å². The van der Waals surface area contributed by atoms with Crippen molar-refractivity contribution in [1.82, 2.24) is 5.32 Å². The summed E-state index contributed by atoms with van der Waals surface area (Å²) in [7, 11) is 1.68. The second-order valence-corrected chi connectivity index (χ2v) is 8.84. The van der Waals surface area contributed by atoms with Gasteiger partial charge in [-0.05, 0) is 84.3 Å². The van der Waals surface area contributed by atoms with Gasteiger partial charge in [0.25, 0.3) is 0 Å². The van der Waals surface area contributed by atoms with E-state index in [4.69, 9.17) is 4.74 Å². The van der Waals surface area contributed by atoms with Crippen LogP contribution in [-0.4, -0.2) is 32.5 Å². The van der Waals surface area contributed by atoms with Crippen LogP contribution in [0.4, 0.5) is 10.1 Å². The Morgan fingerprint density at radius 2 is 2.11 bits per heavy atom. The van der Waals surface area contributed by atoms with Crippen LogP contribution in [0.25, 0.3) is 11.1 Å². The Balaban J connectivity index is 1.85. The first kappa shape index (κ1) is 19.7. The molecule has 0 aliphatic carbocycles. The van der Waals surface area contributed by atoms with Gasteiger partial charge in [0, 0.05) is 37.4 Å². The molecule has 2 heterocycles. The standard InChI is InChI=1S/C23H29FN2OS/c1-15(27-2)21-12-19(24)5-6-20(21)17-10-18-14-28-9-8-26-23(18)22(11-17)16-4-3-7-25-13-16/h5-6,10-12,15-16,25-26H,3-4,7-9,13-14H2,1-2H3. The minimum absolute atomic E-state index is 0.156. The van der Waals surface area contributed by atoms with Crippen molar-refractivity contribution in [3.05, 3.63) is 52.8 Å². The van der Waals surface area contributed by atoms with Crippen molar-refractivity contribution >= 4 is 17.4 Å². The van der Waals surface area contributed by atoms with Crippen LogP contribution >= 0.6 is 11.8 Å². The molecule has 1 fully saturated rings. The number of nitrogens with one attached hydrogen (secondary N) is 2. The molecule has 2 unspecified atom stereocenters. The minimum atomic E-state index is -0.216. The second-order valence-electron chi connectivity index (χ2n) is 7.73. The number of piperidine rings is 1. The van der Waals surface area contributed by atoms with E-state index >= 15 is 0 Å². The van der Waals surface area contributed by atoms with E-state index in [1.165, 1.54) is 35.2 Å². The van der Waals surface area contributed by atoms with Crippen molar-refractivity contribution in [3.63, 3.8) is 0 Å². The molecule has 5 heteroatoms. The fourth-order valence-corrected chi connectivity index (χ4v) is 5.18. The number of fused-ring (bicyclic) bond motifs is 1. The third kappa shape index (κ3) is 4.07. The molecule has 0 amide bonds. The maximum atomic E-state index is 14.0. The van der Waals surface area contributed by atoms with Crippen molar-refractivity contribution in [2.75, 3.05) is 37.8 Å². The molecule has 150 valence electrons. The summed E-state index contributed by atoms with van der Waals surface area (Å²) in [5.41, 5.74) is 7.24. The second kappa shape index (κ2) is 8.85. The number of hydrogen-bond donors (Lipinski definition) is 2. The van der Waals surface area contributed by atoms with Crippen molar-refractivity contribution < 1.29 is 9.13 Å². The van der Waals surface area contributed by atoms with E-state index in [1.807, 2.05) is 24.8 Å². The van der Waals surface area contributed by atoms with Crippen LogP contribution < -0.4 is 10.6 Å². The molecule has 0 radical (unpaired) electrons. The first-order chi connectivity index (χ1) is 13.7. The van der Waals surface area contributed by atoms with Crippen molar-refractivity contribution in [3.8, 4) is 11.1 Å². The molecule has 4 rings (SSSR count). The van der Waals surface area contributed by atoms with E-state index in [-0.39, 0.29) is 11.9 Å². The summed E-state index contributed by atoms with van der Waals surface area (Å²) in [5.74, 6) is 2.43. The van der Waals surface area contributed by atoms with Crippen LogP contribution in [0.5, 0.6) is 0 Å². The maximum absolute atomic E-state index is 14.0. The average Bonchev–Trinajstić information content (AvgIpc) is 2.98. The lowest BCUT2D eigenvalue weighted by atomic mass is 9.85. The first-order valence-electron chi connectivity index (χ1n) is 10.2. The number of methoxy groups -OCH3 is 1. The number of halogens is 1. The van der Waals surface area contributed by atoms with Gasteiger partial charge in [-0.15, -0.1) is 0 Å². The van der Waals surface area contributed by atoms with Gasteiger partial charge in [-0.3, -0.25) is 0 Å². The van der Waals surface area contributed by atoms with Gasteiger partial charge in [0.05, 0.1) is 6.10 Å². The molecule has 2 aliphatic heterocycles. The smallest absolute Gasteiger partial charge is 0.123 e. The maximum Gasteiger partial charge on any atom is 0.123 e. The Hall–Kier alpha value is -1.56. The molecule has 2 aliphatic rings. The Kier molecular flexibility index (Phi) is 6.24. The summed E-state index contributed by atoms with van der Waals surface area (Å²) in [6, 6.07) is 9.70. The minimum Gasteiger partial charge on any atom is -0.384 e. The van der Waals surface area contributed by atoms with E-state index in [0.717, 1.165) is 42.3 Å². The van der Waals surface area contributed by atoms with Gasteiger partial charge < -0.3 is 15.4 Å². The van der Waals surface area contributed by atoms with Crippen LogP contribution in [-0.2, 0) is 10.5 Å². The van der Waals surface area contributed by atoms with Gasteiger partial charge in [0.1, 0.15) is 5.82 Å². The van der Waals surface area contributed by atoms with E-state index in [9.17, 15) is 4.39 Å². The normalized spacial score (nSPS) is 20.8. The zero-order valence-electron chi connectivity index (χ0n) is 16.7. The van der Waals surface area contributed by atoms with Crippen LogP contribution in [0.3, 0.4) is 0 Å².